The van der Waals surface area contributed by atoms with Gasteiger partial charge in [-0.05, 0) is 60.7 Å². The van der Waals surface area contributed by atoms with Gasteiger partial charge in [-0.1, -0.05) is 84.6 Å². The first-order chi connectivity index (χ1) is 18.0. The predicted molar refractivity (Wildman–Crippen MR) is 152 cm³/mol. The Kier molecular flexibility index (Phi) is 8.02. The van der Waals surface area contributed by atoms with Gasteiger partial charge < -0.3 is 10.2 Å². The SMILES string of the molecule is Cc1ccc(CN2C(=O)/C(=C\c3ccc(C(=O)NCc4ccccc4Cl)cc3)SC3CCCCC32)cc1. The number of benzene rings is 3. The van der Waals surface area contributed by atoms with Gasteiger partial charge in [0.2, 0.25) is 0 Å². The van der Waals surface area contributed by atoms with E-state index >= 15 is 0 Å². The number of amides is 2. The van der Waals surface area contributed by atoms with Crippen LogP contribution in [0.15, 0.2) is 77.7 Å². The minimum absolute atomic E-state index is 0.107. The van der Waals surface area contributed by atoms with Crippen LogP contribution in [0.5, 0.6) is 0 Å². The third-order valence-electron chi connectivity index (χ3n) is 7.16. The van der Waals surface area contributed by atoms with Crippen LogP contribution in [-0.2, 0) is 17.9 Å². The Bertz CT molecular complexity index is 1300. The Morgan fingerprint density at radius 3 is 2.51 bits per heavy atom. The van der Waals surface area contributed by atoms with E-state index in [4.69, 9.17) is 11.6 Å². The second kappa shape index (κ2) is 11.6. The molecular formula is C31H31ClN2O2S. The number of rotatable bonds is 6. The van der Waals surface area contributed by atoms with E-state index in [0.717, 1.165) is 28.9 Å². The van der Waals surface area contributed by atoms with Gasteiger partial charge in [0, 0.05) is 35.0 Å². The maximum atomic E-state index is 13.6. The molecule has 1 N–H and O–H groups in total. The molecule has 0 radical (unpaired) electrons. The van der Waals surface area contributed by atoms with Crippen LogP contribution in [0.4, 0.5) is 0 Å². The molecule has 2 atom stereocenters. The Labute approximate surface area is 228 Å². The first kappa shape index (κ1) is 25.6. The third-order valence-corrected chi connectivity index (χ3v) is 8.93. The highest BCUT2D eigenvalue weighted by Gasteiger charge is 2.40. The van der Waals surface area contributed by atoms with Crippen LogP contribution < -0.4 is 5.32 Å². The van der Waals surface area contributed by atoms with Crippen LogP contribution in [0, 0.1) is 6.92 Å². The van der Waals surface area contributed by atoms with Crippen molar-refractivity contribution in [2.24, 2.45) is 0 Å². The van der Waals surface area contributed by atoms with Gasteiger partial charge in [0.1, 0.15) is 0 Å². The highest BCUT2D eigenvalue weighted by molar-refractivity contribution is 8.04. The lowest BCUT2D eigenvalue weighted by atomic mass is 9.92. The van der Waals surface area contributed by atoms with E-state index in [1.54, 1.807) is 23.9 Å². The Morgan fingerprint density at radius 1 is 1.03 bits per heavy atom. The third kappa shape index (κ3) is 6.11. The lowest BCUT2D eigenvalue weighted by Gasteiger charge is -2.44. The van der Waals surface area contributed by atoms with Crippen molar-refractivity contribution in [3.63, 3.8) is 0 Å². The fourth-order valence-electron chi connectivity index (χ4n) is 5.05. The molecule has 1 saturated heterocycles. The van der Waals surface area contributed by atoms with Gasteiger partial charge in [-0.15, -0.1) is 11.8 Å². The van der Waals surface area contributed by atoms with E-state index in [1.165, 1.54) is 24.0 Å². The summed E-state index contributed by atoms with van der Waals surface area (Å²) in [5.74, 6) is -0.0492. The summed E-state index contributed by atoms with van der Waals surface area (Å²) < 4.78 is 0. The summed E-state index contributed by atoms with van der Waals surface area (Å²) in [5.41, 5.74) is 4.76. The molecule has 1 aliphatic heterocycles. The number of hydrogen-bond donors (Lipinski definition) is 1. The quantitative estimate of drug-likeness (QED) is 0.349. The maximum Gasteiger partial charge on any atom is 0.260 e. The standard InChI is InChI=1S/C31H31ClN2O2S/c1-21-10-12-23(13-11-21)20-34-27-8-4-5-9-28(27)37-29(31(34)36)18-22-14-16-24(17-15-22)30(35)33-19-25-6-2-3-7-26(25)32/h2-3,6-7,10-18,27-28H,4-5,8-9,19-20H2,1H3,(H,33,35)/b29-18+. The summed E-state index contributed by atoms with van der Waals surface area (Å²) in [7, 11) is 0. The van der Waals surface area contributed by atoms with Crippen molar-refractivity contribution in [2.45, 2.75) is 57.0 Å². The molecule has 2 amide bonds. The second-order valence-corrected chi connectivity index (χ2v) is 11.5. The highest BCUT2D eigenvalue weighted by Crippen LogP contribution is 2.42. The summed E-state index contributed by atoms with van der Waals surface area (Å²) in [5, 5.41) is 3.99. The van der Waals surface area contributed by atoms with Crippen molar-refractivity contribution < 1.29 is 9.59 Å². The van der Waals surface area contributed by atoms with Crippen molar-refractivity contribution in [1.82, 2.24) is 10.2 Å². The molecular weight excluding hydrogens is 500 g/mol. The van der Waals surface area contributed by atoms with Gasteiger partial charge in [0.15, 0.2) is 0 Å². The Morgan fingerprint density at radius 2 is 1.76 bits per heavy atom. The molecule has 0 aromatic heterocycles. The summed E-state index contributed by atoms with van der Waals surface area (Å²) in [6, 6.07) is 23.7. The van der Waals surface area contributed by atoms with Crippen LogP contribution in [-0.4, -0.2) is 28.0 Å². The number of carbonyl (C=O) groups is 2. The van der Waals surface area contributed by atoms with Gasteiger partial charge in [-0.2, -0.15) is 0 Å². The summed E-state index contributed by atoms with van der Waals surface area (Å²) in [6.07, 6.45) is 6.57. The van der Waals surface area contributed by atoms with Crippen molar-refractivity contribution >= 4 is 41.3 Å². The van der Waals surface area contributed by atoms with Crippen LogP contribution >= 0.6 is 23.4 Å². The highest BCUT2D eigenvalue weighted by atomic mass is 35.5. The van der Waals surface area contributed by atoms with Crippen molar-refractivity contribution in [3.05, 3.63) is 111 Å². The van der Waals surface area contributed by atoms with E-state index in [1.807, 2.05) is 42.5 Å². The van der Waals surface area contributed by atoms with Gasteiger partial charge in [-0.3, -0.25) is 9.59 Å². The van der Waals surface area contributed by atoms with E-state index in [-0.39, 0.29) is 17.9 Å². The molecule has 0 bridgehead atoms. The van der Waals surface area contributed by atoms with Crippen molar-refractivity contribution in [1.29, 1.82) is 0 Å². The topological polar surface area (TPSA) is 49.4 Å². The van der Waals surface area contributed by atoms with Gasteiger partial charge in [-0.25, -0.2) is 0 Å². The number of aryl methyl sites for hydroxylation is 1. The van der Waals surface area contributed by atoms with Crippen LogP contribution in [0.3, 0.4) is 0 Å². The zero-order chi connectivity index (χ0) is 25.8. The minimum atomic E-state index is -0.156. The molecule has 4 nitrogen and oxygen atoms in total. The van der Waals surface area contributed by atoms with Crippen LogP contribution in [0.2, 0.25) is 5.02 Å². The fraction of sp³-hybridized carbons (Fsp3) is 0.290. The number of nitrogens with one attached hydrogen (secondary N) is 1. The normalized spacial score (nSPS) is 20.5. The summed E-state index contributed by atoms with van der Waals surface area (Å²) >= 11 is 7.92. The number of thioether (sulfide) groups is 1. The van der Waals surface area contributed by atoms with E-state index in [0.29, 0.717) is 28.9 Å². The monoisotopic (exact) mass is 530 g/mol. The number of fused-ring (bicyclic) bond motifs is 1. The van der Waals surface area contributed by atoms with Gasteiger partial charge in [0.25, 0.3) is 11.8 Å². The minimum Gasteiger partial charge on any atom is -0.348 e. The zero-order valence-corrected chi connectivity index (χ0v) is 22.5. The number of carbonyl (C=O) groups excluding carboxylic acids is 2. The molecule has 2 fully saturated rings. The van der Waals surface area contributed by atoms with Gasteiger partial charge in [0.05, 0.1) is 4.91 Å². The molecule has 3 aromatic carbocycles. The molecule has 2 aliphatic rings. The maximum absolute atomic E-state index is 13.6. The van der Waals surface area contributed by atoms with E-state index in [2.05, 4.69) is 41.4 Å². The molecule has 0 spiro atoms. The zero-order valence-electron chi connectivity index (χ0n) is 21.0. The van der Waals surface area contributed by atoms with Crippen molar-refractivity contribution in [3.8, 4) is 0 Å². The average Bonchev–Trinajstić information content (AvgIpc) is 2.92. The van der Waals surface area contributed by atoms with Crippen LogP contribution in [0.25, 0.3) is 6.08 Å². The molecule has 5 rings (SSSR count). The number of halogens is 1. The van der Waals surface area contributed by atoms with Crippen LogP contribution in [0.1, 0.15) is 58.3 Å². The first-order valence-corrected chi connectivity index (χ1v) is 14.1. The van der Waals surface area contributed by atoms with E-state index < -0.39 is 0 Å². The second-order valence-electron chi connectivity index (χ2n) is 9.83. The summed E-state index contributed by atoms with van der Waals surface area (Å²) in [4.78, 5) is 29.2. The first-order valence-electron chi connectivity index (χ1n) is 12.8. The van der Waals surface area contributed by atoms with E-state index in [9.17, 15) is 9.59 Å². The molecule has 3 aromatic rings. The predicted octanol–water partition coefficient (Wildman–Crippen LogP) is 7.01. The van der Waals surface area contributed by atoms with Gasteiger partial charge >= 0.3 is 0 Å². The Hall–Kier alpha value is -3.02. The molecule has 6 heteroatoms. The molecule has 1 heterocycles. The molecule has 2 unspecified atom stereocenters. The largest absolute Gasteiger partial charge is 0.348 e. The molecule has 1 aliphatic carbocycles. The summed E-state index contributed by atoms with van der Waals surface area (Å²) in [6.45, 7) is 3.09. The molecule has 37 heavy (non-hydrogen) atoms. The van der Waals surface area contributed by atoms with Crippen molar-refractivity contribution in [2.75, 3.05) is 0 Å². The molecule has 1 saturated carbocycles. The number of nitrogens with zero attached hydrogens (tertiary/aromatic N) is 1. The lowest BCUT2D eigenvalue weighted by molar-refractivity contribution is -0.130. The molecule has 190 valence electrons. The smallest absolute Gasteiger partial charge is 0.260 e. The lowest BCUT2D eigenvalue weighted by Crippen LogP contribution is -2.50. The Balaban J connectivity index is 1.30. The average molecular weight is 531 g/mol. The fourth-order valence-corrected chi connectivity index (χ4v) is 6.73. The number of hydrogen-bond acceptors (Lipinski definition) is 3.